The molecule has 5 rings (SSSR count). The van der Waals surface area contributed by atoms with Gasteiger partial charge in [-0.05, 0) is 74.7 Å². The number of nitrogens with zero attached hydrogens (tertiary/aromatic N) is 3. The van der Waals surface area contributed by atoms with Crippen LogP contribution in [0.1, 0.15) is 41.1 Å². The number of aryl methyl sites for hydroxylation is 3. The van der Waals surface area contributed by atoms with Crippen LogP contribution in [0.5, 0.6) is 5.75 Å². The minimum Gasteiger partial charge on any atom is -0.497 e. The van der Waals surface area contributed by atoms with E-state index in [1.807, 2.05) is 87.5 Å². The van der Waals surface area contributed by atoms with Crippen LogP contribution in [-0.4, -0.2) is 23.3 Å². The minimum atomic E-state index is -0.475. The normalized spacial score (nSPS) is 15.8. The molecule has 7 heteroatoms. The number of urea groups is 1. The highest BCUT2D eigenvalue weighted by Gasteiger charge is 2.36. The summed E-state index contributed by atoms with van der Waals surface area (Å²) in [6, 6.07) is 20.8. The summed E-state index contributed by atoms with van der Waals surface area (Å²) in [4.78, 5) is 19.9. The van der Waals surface area contributed by atoms with Crippen molar-refractivity contribution in [3.05, 3.63) is 101 Å². The van der Waals surface area contributed by atoms with E-state index < -0.39 is 6.04 Å². The van der Waals surface area contributed by atoms with Crippen molar-refractivity contribution in [3.8, 4) is 17.1 Å². The van der Waals surface area contributed by atoms with E-state index in [0.29, 0.717) is 11.7 Å². The van der Waals surface area contributed by atoms with Gasteiger partial charge in [-0.3, -0.25) is 4.90 Å². The summed E-state index contributed by atoms with van der Waals surface area (Å²) >= 11 is 0. The zero-order valence-electron chi connectivity index (χ0n) is 21.0. The standard InChI is InChI=1S/C29H28N4O3/c1-17-7-6-8-22(15-17)27-31-28(36-32-27)25-20(4)33(23-12-9-18(2)19(3)16-23)29(34)30-26(25)21-10-13-24(35-5)14-11-21/h6-16,26H,1-5H3,(H,30,34). The Balaban J connectivity index is 1.65. The number of methoxy groups -OCH3 is 1. The molecular weight excluding hydrogens is 452 g/mol. The van der Waals surface area contributed by atoms with Gasteiger partial charge in [-0.15, -0.1) is 0 Å². The highest BCUT2D eigenvalue weighted by atomic mass is 16.5. The predicted octanol–water partition coefficient (Wildman–Crippen LogP) is 6.37. The molecule has 7 nitrogen and oxygen atoms in total. The fraction of sp³-hybridized carbons (Fsp3) is 0.207. The Morgan fingerprint density at radius 2 is 1.72 bits per heavy atom. The molecule has 182 valence electrons. The Kier molecular flexibility index (Phi) is 6.06. The molecule has 0 spiro atoms. The first-order chi connectivity index (χ1) is 17.4. The van der Waals surface area contributed by atoms with Gasteiger partial charge in [0.1, 0.15) is 5.75 Å². The van der Waals surface area contributed by atoms with Crippen molar-refractivity contribution in [2.75, 3.05) is 12.0 Å². The van der Waals surface area contributed by atoms with E-state index in [4.69, 9.17) is 14.2 Å². The summed E-state index contributed by atoms with van der Waals surface area (Å²) < 4.78 is 11.1. The number of carbonyl (C=O) groups excluding carboxylic acids is 1. The summed E-state index contributed by atoms with van der Waals surface area (Å²) in [5.41, 5.74) is 7.36. The highest BCUT2D eigenvalue weighted by Crippen LogP contribution is 2.39. The lowest BCUT2D eigenvalue weighted by Crippen LogP contribution is -2.46. The third-order valence-electron chi connectivity index (χ3n) is 6.62. The Hall–Kier alpha value is -4.39. The van der Waals surface area contributed by atoms with Crippen molar-refractivity contribution in [1.82, 2.24) is 15.5 Å². The van der Waals surface area contributed by atoms with Crippen LogP contribution < -0.4 is 15.0 Å². The number of benzene rings is 3. The first-order valence-electron chi connectivity index (χ1n) is 11.8. The Morgan fingerprint density at radius 3 is 2.42 bits per heavy atom. The number of hydrogen-bond acceptors (Lipinski definition) is 5. The Labute approximate surface area is 210 Å². The number of carbonyl (C=O) groups is 1. The molecule has 1 N–H and O–H groups in total. The van der Waals surface area contributed by atoms with Crippen molar-refractivity contribution in [2.24, 2.45) is 0 Å². The second-order valence-corrected chi connectivity index (χ2v) is 9.05. The van der Waals surface area contributed by atoms with Gasteiger partial charge in [-0.2, -0.15) is 4.98 Å². The van der Waals surface area contributed by atoms with Crippen molar-refractivity contribution in [1.29, 1.82) is 0 Å². The van der Waals surface area contributed by atoms with Gasteiger partial charge in [0.15, 0.2) is 0 Å². The molecule has 0 saturated carbocycles. The smallest absolute Gasteiger partial charge is 0.326 e. The van der Waals surface area contributed by atoms with E-state index in [2.05, 4.69) is 17.4 Å². The van der Waals surface area contributed by atoms with Gasteiger partial charge in [0, 0.05) is 11.3 Å². The summed E-state index contributed by atoms with van der Waals surface area (Å²) in [5.74, 6) is 1.59. The second kappa shape index (κ2) is 9.34. The molecule has 2 heterocycles. The van der Waals surface area contributed by atoms with Crippen LogP contribution in [0.4, 0.5) is 10.5 Å². The molecule has 1 aliphatic heterocycles. The quantitative estimate of drug-likeness (QED) is 0.359. The van der Waals surface area contributed by atoms with Crippen molar-refractivity contribution < 1.29 is 14.1 Å². The molecule has 1 unspecified atom stereocenters. The Morgan fingerprint density at radius 1 is 0.944 bits per heavy atom. The molecule has 1 aromatic heterocycles. The topological polar surface area (TPSA) is 80.5 Å². The number of ether oxygens (including phenoxy) is 1. The van der Waals surface area contributed by atoms with Gasteiger partial charge in [-0.1, -0.05) is 47.1 Å². The number of nitrogens with one attached hydrogen (secondary N) is 1. The first kappa shape index (κ1) is 23.4. The first-order valence-corrected chi connectivity index (χ1v) is 11.8. The van der Waals surface area contributed by atoms with Gasteiger partial charge >= 0.3 is 6.03 Å². The van der Waals surface area contributed by atoms with Gasteiger partial charge in [-0.25, -0.2) is 4.79 Å². The van der Waals surface area contributed by atoms with Crippen LogP contribution in [0.3, 0.4) is 0 Å². The molecular formula is C29H28N4O3. The van der Waals surface area contributed by atoms with E-state index in [0.717, 1.165) is 50.5 Å². The maximum atomic E-state index is 13.4. The molecule has 0 radical (unpaired) electrons. The molecule has 0 saturated heterocycles. The average molecular weight is 481 g/mol. The monoisotopic (exact) mass is 480 g/mol. The summed E-state index contributed by atoms with van der Waals surface area (Å²) in [6.07, 6.45) is 0. The van der Waals surface area contributed by atoms with E-state index in [-0.39, 0.29) is 6.03 Å². The predicted molar refractivity (Wildman–Crippen MR) is 140 cm³/mol. The van der Waals surface area contributed by atoms with E-state index in [1.54, 1.807) is 12.0 Å². The third-order valence-corrected chi connectivity index (χ3v) is 6.62. The van der Waals surface area contributed by atoms with Crippen LogP contribution in [0.25, 0.3) is 17.0 Å². The van der Waals surface area contributed by atoms with Crippen LogP contribution >= 0.6 is 0 Å². The maximum Gasteiger partial charge on any atom is 0.326 e. The number of anilines is 1. The van der Waals surface area contributed by atoms with Crippen LogP contribution in [-0.2, 0) is 0 Å². The average Bonchev–Trinajstić information content (AvgIpc) is 3.36. The van der Waals surface area contributed by atoms with E-state index in [9.17, 15) is 4.79 Å². The molecule has 0 fully saturated rings. The lowest BCUT2D eigenvalue weighted by atomic mass is 9.94. The second-order valence-electron chi connectivity index (χ2n) is 9.05. The van der Waals surface area contributed by atoms with Gasteiger partial charge < -0.3 is 14.6 Å². The maximum absolute atomic E-state index is 13.4. The number of amides is 2. The lowest BCUT2D eigenvalue weighted by molar-refractivity contribution is 0.244. The number of hydrogen-bond donors (Lipinski definition) is 1. The fourth-order valence-corrected chi connectivity index (χ4v) is 4.48. The molecule has 36 heavy (non-hydrogen) atoms. The zero-order chi connectivity index (χ0) is 25.4. The lowest BCUT2D eigenvalue weighted by Gasteiger charge is -2.35. The molecule has 4 aromatic rings. The Bertz CT molecular complexity index is 1470. The summed E-state index contributed by atoms with van der Waals surface area (Å²) in [5, 5.41) is 7.41. The number of allylic oxidation sites excluding steroid dienone is 1. The van der Waals surface area contributed by atoms with Crippen LogP contribution in [0.2, 0.25) is 0 Å². The van der Waals surface area contributed by atoms with E-state index in [1.165, 1.54) is 0 Å². The van der Waals surface area contributed by atoms with Gasteiger partial charge in [0.2, 0.25) is 5.82 Å². The van der Waals surface area contributed by atoms with Gasteiger partial charge in [0.25, 0.3) is 5.89 Å². The summed E-state index contributed by atoms with van der Waals surface area (Å²) in [7, 11) is 1.62. The van der Waals surface area contributed by atoms with Crippen molar-refractivity contribution >= 4 is 17.3 Å². The number of aromatic nitrogens is 2. The van der Waals surface area contributed by atoms with Crippen LogP contribution in [0, 0.1) is 20.8 Å². The summed E-state index contributed by atoms with van der Waals surface area (Å²) in [6.45, 7) is 8.02. The molecule has 0 bridgehead atoms. The highest BCUT2D eigenvalue weighted by molar-refractivity contribution is 6.01. The van der Waals surface area contributed by atoms with Crippen LogP contribution in [0.15, 0.2) is 77.0 Å². The van der Waals surface area contributed by atoms with E-state index >= 15 is 0 Å². The molecule has 1 atom stereocenters. The molecule has 0 aliphatic carbocycles. The van der Waals surface area contributed by atoms with Crippen molar-refractivity contribution in [2.45, 2.75) is 33.7 Å². The van der Waals surface area contributed by atoms with Crippen molar-refractivity contribution in [3.63, 3.8) is 0 Å². The molecule has 3 aromatic carbocycles. The largest absolute Gasteiger partial charge is 0.497 e. The fourth-order valence-electron chi connectivity index (χ4n) is 4.48. The third kappa shape index (κ3) is 4.24. The number of rotatable bonds is 5. The molecule has 1 aliphatic rings. The zero-order valence-corrected chi connectivity index (χ0v) is 21.0. The SMILES string of the molecule is COc1ccc(C2NC(=O)N(c3ccc(C)c(C)c3)C(C)=C2c2nc(-c3cccc(C)c3)no2)cc1. The van der Waals surface area contributed by atoms with Gasteiger partial charge in [0.05, 0.1) is 24.4 Å². The minimum absolute atomic E-state index is 0.223. The molecule has 2 amide bonds.